The molecule has 1 heterocycles. The first-order valence-electron chi connectivity index (χ1n) is 6.20. The van der Waals surface area contributed by atoms with Gasteiger partial charge in [0.15, 0.2) is 5.16 Å². The second-order valence-electron chi connectivity index (χ2n) is 4.52. The Bertz CT molecular complexity index is 653. The molecule has 0 spiro atoms. The smallest absolute Gasteiger partial charge is 0.171 e. The Morgan fingerprint density at radius 2 is 1.84 bits per heavy atom. The number of fused-ring (bicyclic) bond motifs is 1. The number of imidazole rings is 1. The minimum Gasteiger partial charge on any atom is -0.333 e. The van der Waals surface area contributed by atoms with Crippen molar-refractivity contribution in [1.29, 1.82) is 0 Å². The van der Waals surface area contributed by atoms with Gasteiger partial charge >= 0.3 is 0 Å². The molecule has 2 aromatic carbocycles. The molecule has 3 nitrogen and oxygen atoms in total. The maximum absolute atomic E-state index is 5.84. The highest BCUT2D eigenvalue weighted by atomic mass is 32.2. The highest BCUT2D eigenvalue weighted by Gasteiger charge is 2.05. The summed E-state index contributed by atoms with van der Waals surface area (Å²) in [6, 6.07) is 16.4. The molecule has 0 saturated carbocycles. The molecule has 0 radical (unpaired) electrons. The number of hydrogen-bond acceptors (Lipinski definition) is 3. The zero-order valence-electron chi connectivity index (χ0n) is 10.6. The summed E-state index contributed by atoms with van der Waals surface area (Å²) < 4.78 is 0. The van der Waals surface area contributed by atoms with Crippen LogP contribution in [0.15, 0.2) is 58.6 Å². The molecule has 0 amide bonds. The van der Waals surface area contributed by atoms with E-state index in [2.05, 4.69) is 34.2 Å². The molecule has 1 unspecified atom stereocenters. The number of nitrogens with two attached hydrogens (primary N) is 1. The van der Waals surface area contributed by atoms with Crippen molar-refractivity contribution in [3.05, 3.63) is 54.1 Å². The van der Waals surface area contributed by atoms with Gasteiger partial charge in [-0.3, -0.25) is 0 Å². The van der Waals surface area contributed by atoms with Gasteiger partial charge in [-0.05, 0) is 36.8 Å². The van der Waals surface area contributed by atoms with Crippen LogP contribution in [0.3, 0.4) is 0 Å². The molecule has 19 heavy (non-hydrogen) atoms. The molecular formula is C15H15N3S. The van der Waals surface area contributed by atoms with Gasteiger partial charge in [0.05, 0.1) is 11.0 Å². The van der Waals surface area contributed by atoms with Crippen LogP contribution < -0.4 is 5.73 Å². The summed E-state index contributed by atoms with van der Waals surface area (Å²) in [7, 11) is 0. The van der Waals surface area contributed by atoms with E-state index >= 15 is 0 Å². The zero-order chi connectivity index (χ0) is 13.2. The average Bonchev–Trinajstić information content (AvgIpc) is 2.81. The SMILES string of the molecule is CC(N)c1ccc(Sc2nc3ccccc3[nH]2)cc1. The maximum Gasteiger partial charge on any atom is 0.171 e. The van der Waals surface area contributed by atoms with E-state index in [0.717, 1.165) is 26.6 Å². The normalized spacial score (nSPS) is 12.7. The lowest BCUT2D eigenvalue weighted by atomic mass is 10.1. The van der Waals surface area contributed by atoms with Gasteiger partial charge in [0, 0.05) is 10.9 Å². The van der Waals surface area contributed by atoms with Crippen molar-refractivity contribution in [3.8, 4) is 0 Å². The van der Waals surface area contributed by atoms with Crippen LogP contribution in [-0.4, -0.2) is 9.97 Å². The van der Waals surface area contributed by atoms with Crippen LogP contribution in [0, 0.1) is 0 Å². The highest BCUT2D eigenvalue weighted by Crippen LogP contribution is 2.27. The van der Waals surface area contributed by atoms with Gasteiger partial charge in [0.1, 0.15) is 0 Å². The van der Waals surface area contributed by atoms with Crippen LogP contribution in [0.1, 0.15) is 18.5 Å². The van der Waals surface area contributed by atoms with Crippen LogP contribution in [0.5, 0.6) is 0 Å². The first-order chi connectivity index (χ1) is 9.22. The third kappa shape index (κ3) is 2.64. The van der Waals surface area contributed by atoms with Gasteiger partial charge in [0.25, 0.3) is 0 Å². The van der Waals surface area contributed by atoms with E-state index in [9.17, 15) is 0 Å². The van der Waals surface area contributed by atoms with Crippen LogP contribution in [0.25, 0.3) is 11.0 Å². The molecule has 3 aromatic rings. The van der Waals surface area contributed by atoms with Gasteiger partial charge in [0.2, 0.25) is 0 Å². The number of aromatic nitrogens is 2. The van der Waals surface area contributed by atoms with Gasteiger partial charge in [-0.1, -0.05) is 36.0 Å². The molecule has 0 aliphatic heterocycles. The number of para-hydroxylation sites is 2. The molecule has 1 atom stereocenters. The third-order valence-electron chi connectivity index (χ3n) is 2.99. The predicted molar refractivity (Wildman–Crippen MR) is 79.3 cm³/mol. The minimum atomic E-state index is 0.0743. The highest BCUT2D eigenvalue weighted by molar-refractivity contribution is 7.99. The molecule has 0 aliphatic rings. The summed E-state index contributed by atoms with van der Waals surface area (Å²) in [5.41, 5.74) is 9.05. The van der Waals surface area contributed by atoms with E-state index in [0.29, 0.717) is 0 Å². The monoisotopic (exact) mass is 269 g/mol. The number of aromatic amines is 1. The number of rotatable bonds is 3. The summed E-state index contributed by atoms with van der Waals surface area (Å²) in [6.45, 7) is 1.99. The van der Waals surface area contributed by atoms with Crippen molar-refractivity contribution < 1.29 is 0 Å². The summed E-state index contributed by atoms with van der Waals surface area (Å²) in [4.78, 5) is 9.01. The topological polar surface area (TPSA) is 54.7 Å². The lowest BCUT2D eigenvalue weighted by Crippen LogP contribution is -2.04. The van der Waals surface area contributed by atoms with Crippen molar-refractivity contribution in [3.63, 3.8) is 0 Å². The zero-order valence-corrected chi connectivity index (χ0v) is 11.4. The predicted octanol–water partition coefficient (Wildman–Crippen LogP) is 3.73. The Labute approximate surface area is 116 Å². The van der Waals surface area contributed by atoms with Crippen molar-refractivity contribution in [1.82, 2.24) is 9.97 Å². The second-order valence-corrected chi connectivity index (χ2v) is 5.58. The molecule has 0 saturated heterocycles. The molecule has 0 aliphatic carbocycles. The molecule has 0 bridgehead atoms. The lowest BCUT2D eigenvalue weighted by molar-refractivity contribution is 0.817. The fourth-order valence-corrected chi connectivity index (χ4v) is 2.73. The number of nitrogens with zero attached hydrogens (tertiary/aromatic N) is 1. The van der Waals surface area contributed by atoms with Crippen LogP contribution >= 0.6 is 11.8 Å². The molecule has 3 N–H and O–H groups in total. The minimum absolute atomic E-state index is 0.0743. The Morgan fingerprint density at radius 3 is 2.53 bits per heavy atom. The number of H-pyrrole nitrogens is 1. The van der Waals surface area contributed by atoms with Crippen LogP contribution in [-0.2, 0) is 0 Å². The molecule has 96 valence electrons. The summed E-state index contributed by atoms with van der Waals surface area (Å²) >= 11 is 1.63. The number of nitrogens with one attached hydrogen (secondary N) is 1. The quantitative estimate of drug-likeness (QED) is 0.761. The van der Waals surface area contributed by atoms with Gasteiger partial charge in [-0.25, -0.2) is 4.98 Å². The van der Waals surface area contributed by atoms with Gasteiger partial charge in [-0.2, -0.15) is 0 Å². The van der Waals surface area contributed by atoms with Gasteiger partial charge in [-0.15, -0.1) is 0 Å². The van der Waals surface area contributed by atoms with Crippen molar-refractivity contribution >= 4 is 22.8 Å². The Morgan fingerprint density at radius 1 is 1.11 bits per heavy atom. The largest absolute Gasteiger partial charge is 0.333 e. The Hall–Kier alpha value is -1.78. The van der Waals surface area contributed by atoms with Crippen LogP contribution in [0.4, 0.5) is 0 Å². The third-order valence-corrected chi connectivity index (χ3v) is 3.88. The fourth-order valence-electron chi connectivity index (χ4n) is 1.93. The average molecular weight is 269 g/mol. The second kappa shape index (κ2) is 5.07. The van der Waals surface area contributed by atoms with E-state index in [-0.39, 0.29) is 6.04 Å². The summed E-state index contributed by atoms with van der Waals surface area (Å²) in [5, 5.41) is 0.912. The van der Waals surface area contributed by atoms with E-state index in [4.69, 9.17) is 5.73 Å². The molecular weight excluding hydrogens is 254 g/mol. The van der Waals surface area contributed by atoms with Crippen molar-refractivity contribution in [2.75, 3.05) is 0 Å². The molecule has 1 aromatic heterocycles. The van der Waals surface area contributed by atoms with Crippen molar-refractivity contribution in [2.24, 2.45) is 5.73 Å². The van der Waals surface area contributed by atoms with Crippen molar-refractivity contribution in [2.45, 2.75) is 23.0 Å². The maximum atomic E-state index is 5.84. The number of benzene rings is 2. The molecule has 4 heteroatoms. The van der Waals surface area contributed by atoms with E-state index < -0.39 is 0 Å². The Kier molecular flexibility index (Phi) is 3.27. The first-order valence-corrected chi connectivity index (χ1v) is 7.02. The molecule has 0 fully saturated rings. The van der Waals surface area contributed by atoms with E-state index in [1.807, 2.05) is 31.2 Å². The Balaban J connectivity index is 1.84. The summed E-state index contributed by atoms with van der Waals surface area (Å²) in [5.74, 6) is 0. The lowest BCUT2D eigenvalue weighted by Gasteiger charge is -2.05. The first kappa shape index (κ1) is 12.3. The van der Waals surface area contributed by atoms with E-state index in [1.165, 1.54) is 0 Å². The number of hydrogen-bond donors (Lipinski definition) is 2. The standard InChI is InChI=1S/C15H15N3S/c1-10(16)11-6-8-12(9-7-11)19-15-17-13-4-2-3-5-14(13)18-15/h2-10H,16H2,1H3,(H,17,18). The summed E-state index contributed by atoms with van der Waals surface area (Å²) in [6.07, 6.45) is 0. The fraction of sp³-hybridized carbons (Fsp3) is 0.133. The van der Waals surface area contributed by atoms with Gasteiger partial charge < -0.3 is 10.7 Å². The molecule has 3 rings (SSSR count). The van der Waals surface area contributed by atoms with Crippen LogP contribution in [0.2, 0.25) is 0 Å². The van der Waals surface area contributed by atoms with E-state index in [1.54, 1.807) is 11.8 Å².